The number of nitrogens with zero attached hydrogens (tertiary/aromatic N) is 5. The SMILES string of the molecule is CCc1cc(C(=O)N2CCN(C(C)C)CC2)nc2cc(-c3ccco3)nn12. The number of hydrogen-bond acceptors (Lipinski definition) is 5. The molecule has 0 atom stereocenters. The average Bonchev–Trinajstić information content (AvgIpc) is 3.35. The van der Waals surface area contributed by atoms with E-state index >= 15 is 0 Å². The maximum Gasteiger partial charge on any atom is 0.272 e. The van der Waals surface area contributed by atoms with Crippen LogP contribution in [0.15, 0.2) is 34.9 Å². The smallest absolute Gasteiger partial charge is 0.272 e. The van der Waals surface area contributed by atoms with Gasteiger partial charge in [0.05, 0.1) is 6.26 Å². The lowest BCUT2D eigenvalue weighted by Gasteiger charge is -2.36. The van der Waals surface area contributed by atoms with E-state index in [9.17, 15) is 4.79 Å². The van der Waals surface area contributed by atoms with Crippen LogP contribution in [0.4, 0.5) is 0 Å². The van der Waals surface area contributed by atoms with Crippen molar-refractivity contribution >= 4 is 11.6 Å². The molecule has 0 spiro atoms. The zero-order valence-electron chi connectivity index (χ0n) is 16.1. The highest BCUT2D eigenvalue weighted by Crippen LogP contribution is 2.21. The van der Waals surface area contributed by atoms with Crippen LogP contribution < -0.4 is 0 Å². The number of hydrogen-bond donors (Lipinski definition) is 0. The Morgan fingerprint density at radius 3 is 2.63 bits per heavy atom. The Bertz CT molecular complexity index is 937. The number of amides is 1. The molecule has 0 bridgehead atoms. The summed E-state index contributed by atoms with van der Waals surface area (Å²) in [5, 5.41) is 4.60. The first kappa shape index (κ1) is 17.7. The molecule has 3 aromatic heterocycles. The fraction of sp³-hybridized carbons (Fsp3) is 0.450. The van der Waals surface area contributed by atoms with Gasteiger partial charge in [0, 0.05) is 44.0 Å². The summed E-state index contributed by atoms with van der Waals surface area (Å²) >= 11 is 0. The minimum absolute atomic E-state index is 0.00338. The van der Waals surface area contributed by atoms with Gasteiger partial charge in [-0.2, -0.15) is 5.10 Å². The molecule has 1 amide bonds. The molecule has 0 saturated carbocycles. The van der Waals surface area contributed by atoms with Gasteiger partial charge in [0.25, 0.3) is 5.91 Å². The normalized spacial score (nSPS) is 15.8. The molecule has 142 valence electrons. The number of piperazine rings is 1. The third kappa shape index (κ3) is 3.35. The lowest BCUT2D eigenvalue weighted by atomic mass is 10.2. The highest BCUT2D eigenvalue weighted by atomic mass is 16.3. The Kier molecular flexibility index (Phi) is 4.70. The van der Waals surface area contributed by atoms with Crippen LogP contribution >= 0.6 is 0 Å². The van der Waals surface area contributed by atoms with Gasteiger partial charge in [-0.05, 0) is 38.5 Å². The summed E-state index contributed by atoms with van der Waals surface area (Å²) in [7, 11) is 0. The maximum absolute atomic E-state index is 13.0. The van der Waals surface area contributed by atoms with E-state index in [4.69, 9.17) is 4.42 Å². The van der Waals surface area contributed by atoms with Crippen molar-refractivity contribution in [3.8, 4) is 11.5 Å². The van der Waals surface area contributed by atoms with E-state index in [1.807, 2.05) is 29.2 Å². The highest BCUT2D eigenvalue weighted by molar-refractivity contribution is 5.93. The van der Waals surface area contributed by atoms with Crippen LogP contribution in [0.3, 0.4) is 0 Å². The van der Waals surface area contributed by atoms with Gasteiger partial charge >= 0.3 is 0 Å². The lowest BCUT2D eigenvalue weighted by Crippen LogP contribution is -2.50. The third-order valence-electron chi connectivity index (χ3n) is 5.19. The molecule has 7 nitrogen and oxygen atoms in total. The number of carbonyl (C=O) groups is 1. The minimum atomic E-state index is -0.00338. The van der Waals surface area contributed by atoms with Crippen molar-refractivity contribution in [2.45, 2.75) is 33.2 Å². The zero-order chi connectivity index (χ0) is 19.0. The van der Waals surface area contributed by atoms with Gasteiger partial charge in [0.15, 0.2) is 11.4 Å². The molecule has 1 fully saturated rings. The molecule has 0 N–H and O–H groups in total. The largest absolute Gasteiger partial charge is 0.463 e. The van der Waals surface area contributed by atoms with Crippen LogP contribution in [0.25, 0.3) is 17.1 Å². The van der Waals surface area contributed by atoms with Gasteiger partial charge in [-0.1, -0.05) is 6.92 Å². The van der Waals surface area contributed by atoms with Crippen LogP contribution in [-0.4, -0.2) is 62.5 Å². The lowest BCUT2D eigenvalue weighted by molar-refractivity contribution is 0.0590. The van der Waals surface area contributed by atoms with Crippen LogP contribution in [-0.2, 0) is 6.42 Å². The fourth-order valence-electron chi connectivity index (χ4n) is 3.55. The number of fused-ring (bicyclic) bond motifs is 1. The summed E-state index contributed by atoms with van der Waals surface area (Å²) in [6.45, 7) is 9.72. The molecule has 4 heterocycles. The summed E-state index contributed by atoms with van der Waals surface area (Å²) < 4.78 is 7.24. The van der Waals surface area contributed by atoms with E-state index in [1.165, 1.54) is 0 Å². The average molecular weight is 367 g/mol. The fourth-order valence-corrected chi connectivity index (χ4v) is 3.55. The second kappa shape index (κ2) is 7.15. The highest BCUT2D eigenvalue weighted by Gasteiger charge is 2.25. The Morgan fingerprint density at radius 2 is 2.00 bits per heavy atom. The Morgan fingerprint density at radius 1 is 1.22 bits per heavy atom. The summed E-state index contributed by atoms with van der Waals surface area (Å²) in [5.41, 5.74) is 2.84. The number of aromatic nitrogens is 3. The van der Waals surface area contributed by atoms with E-state index in [-0.39, 0.29) is 5.91 Å². The Hall–Kier alpha value is -2.67. The van der Waals surface area contributed by atoms with E-state index in [0.29, 0.717) is 23.1 Å². The summed E-state index contributed by atoms with van der Waals surface area (Å²) in [6.07, 6.45) is 2.39. The van der Waals surface area contributed by atoms with Crippen LogP contribution in [0.2, 0.25) is 0 Å². The second-order valence-corrected chi connectivity index (χ2v) is 7.19. The maximum atomic E-state index is 13.0. The Labute approximate surface area is 158 Å². The molecular weight excluding hydrogens is 342 g/mol. The minimum Gasteiger partial charge on any atom is -0.463 e. The van der Waals surface area contributed by atoms with Crippen LogP contribution in [0, 0.1) is 0 Å². The zero-order valence-corrected chi connectivity index (χ0v) is 16.1. The first-order valence-corrected chi connectivity index (χ1v) is 9.53. The molecule has 4 rings (SSSR count). The topological polar surface area (TPSA) is 66.9 Å². The second-order valence-electron chi connectivity index (χ2n) is 7.19. The number of aryl methyl sites for hydroxylation is 1. The van der Waals surface area contributed by atoms with E-state index < -0.39 is 0 Å². The van der Waals surface area contributed by atoms with Crippen molar-refractivity contribution in [2.75, 3.05) is 26.2 Å². The van der Waals surface area contributed by atoms with Crippen molar-refractivity contribution in [1.82, 2.24) is 24.4 Å². The molecule has 1 aliphatic heterocycles. The van der Waals surface area contributed by atoms with Crippen molar-refractivity contribution < 1.29 is 9.21 Å². The monoisotopic (exact) mass is 367 g/mol. The van der Waals surface area contributed by atoms with Gasteiger partial charge in [0.1, 0.15) is 11.4 Å². The molecule has 1 aliphatic rings. The number of rotatable bonds is 4. The summed E-state index contributed by atoms with van der Waals surface area (Å²) in [6, 6.07) is 7.94. The number of carbonyl (C=O) groups excluding carboxylic acids is 1. The molecule has 0 aliphatic carbocycles. The summed E-state index contributed by atoms with van der Waals surface area (Å²) in [5.74, 6) is 0.691. The third-order valence-corrected chi connectivity index (χ3v) is 5.19. The Balaban J connectivity index is 1.63. The molecule has 0 unspecified atom stereocenters. The van der Waals surface area contributed by atoms with Crippen molar-refractivity contribution in [3.63, 3.8) is 0 Å². The molecule has 3 aromatic rings. The van der Waals surface area contributed by atoms with Gasteiger partial charge in [-0.3, -0.25) is 9.69 Å². The number of furan rings is 1. The van der Waals surface area contributed by atoms with Crippen molar-refractivity contribution in [1.29, 1.82) is 0 Å². The molecule has 1 saturated heterocycles. The van der Waals surface area contributed by atoms with Crippen LogP contribution in [0.1, 0.15) is 37.0 Å². The van der Waals surface area contributed by atoms with Gasteiger partial charge < -0.3 is 9.32 Å². The standard InChI is InChI=1S/C20H25N5O2/c1-4-15-12-17(20(26)24-9-7-23(8-10-24)14(2)3)21-19-13-16(22-25(15)19)18-6-5-11-27-18/h5-6,11-14H,4,7-10H2,1-3H3. The molecule has 27 heavy (non-hydrogen) atoms. The first-order valence-electron chi connectivity index (χ1n) is 9.53. The quantitative estimate of drug-likeness (QED) is 0.709. The van der Waals surface area contributed by atoms with Gasteiger partial charge in [-0.15, -0.1) is 0 Å². The van der Waals surface area contributed by atoms with E-state index in [0.717, 1.165) is 44.0 Å². The van der Waals surface area contributed by atoms with Crippen molar-refractivity contribution in [2.24, 2.45) is 0 Å². The van der Waals surface area contributed by atoms with Gasteiger partial charge in [0.2, 0.25) is 0 Å². The van der Waals surface area contributed by atoms with Gasteiger partial charge in [-0.25, -0.2) is 9.50 Å². The molecule has 0 aromatic carbocycles. The van der Waals surface area contributed by atoms with E-state index in [2.05, 4.69) is 35.8 Å². The summed E-state index contributed by atoms with van der Waals surface area (Å²) in [4.78, 5) is 21.9. The molecular formula is C20H25N5O2. The molecule has 0 radical (unpaired) electrons. The van der Waals surface area contributed by atoms with Crippen LogP contribution in [0.5, 0.6) is 0 Å². The predicted octanol–water partition coefficient (Wildman–Crippen LogP) is 2.72. The van der Waals surface area contributed by atoms with E-state index in [1.54, 1.807) is 10.8 Å². The van der Waals surface area contributed by atoms with Crippen molar-refractivity contribution in [3.05, 3.63) is 41.9 Å². The molecule has 7 heteroatoms. The predicted molar refractivity (Wildman–Crippen MR) is 103 cm³/mol. The first-order chi connectivity index (χ1) is 13.1.